The van der Waals surface area contributed by atoms with Crippen LogP contribution < -0.4 is 15.5 Å². The third kappa shape index (κ3) is 6.43. The molecule has 1 fully saturated rings. The average Bonchev–Trinajstić information content (AvgIpc) is 3.57. The van der Waals surface area contributed by atoms with Gasteiger partial charge in [-0.25, -0.2) is 0 Å². The van der Waals surface area contributed by atoms with E-state index in [0.29, 0.717) is 12.1 Å². The number of hydrogen-bond donors (Lipinski definition) is 2. The summed E-state index contributed by atoms with van der Waals surface area (Å²) in [6.45, 7) is 11.2. The molecule has 1 saturated heterocycles. The topological polar surface area (TPSA) is 101 Å². The molecule has 226 valence electrons. The van der Waals surface area contributed by atoms with Crippen LogP contribution >= 0.6 is 0 Å². The van der Waals surface area contributed by atoms with Crippen LogP contribution in [-0.4, -0.2) is 54.1 Å². The van der Waals surface area contributed by atoms with E-state index in [1.54, 1.807) is 10.9 Å². The number of nitrogens with one attached hydrogen (secondary N) is 2. The van der Waals surface area contributed by atoms with Gasteiger partial charge in [0.25, 0.3) is 5.91 Å². The highest BCUT2D eigenvalue weighted by molar-refractivity contribution is 6.12. The Morgan fingerprint density at radius 1 is 1.02 bits per heavy atom. The molecule has 9 nitrogen and oxygen atoms in total. The van der Waals surface area contributed by atoms with Gasteiger partial charge in [0.1, 0.15) is 11.6 Å². The van der Waals surface area contributed by atoms with Gasteiger partial charge in [-0.15, -0.1) is 0 Å². The Morgan fingerprint density at radius 3 is 2.43 bits per heavy atom. The molecule has 0 saturated carbocycles. The Balaban J connectivity index is 1.11. The van der Waals surface area contributed by atoms with Crippen molar-refractivity contribution in [1.29, 1.82) is 0 Å². The smallest absolute Gasteiger partial charge is 0.273 e. The molecule has 1 atom stereocenters. The normalized spacial score (nSPS) is 16.7. The van der Waals surface area contributed by atoms with Crippen LogP contribution in [0.2, 0.25) is 0 Å². The fourth-order valence-corrected chi connectivity index (χ4v) is 5.63. The molecule has 3 aromatic carbocycles. The third-order valence-electron chi connectivity index (χ3n) is 7.91. The van der Waals surface area contributed by atoms with Gasteiger partial charge < -0.3 is 20.3 Å². The van der Waals surface area contributed by atoms with Crippen molar-refractivity contribution in [3.8, 4) is 0 Å². The van der Waals surface area contributed by atoms with Crippen LogP contribution in [0, 0.1) is 6.92 Å². The van der Waals surface area contributed by atoms with E-state index in [-0.39, 0.29) is 17.4 Å². The van der Waals surface area contributed by atoms with E-state index in [1.807, 2.05) is 82.3 Å². The maximum atomic E-state index is 13.0. The monoisotopic (exact) mass is 590 g/mol. The SMILES string of the molecule is Cc1cc(C(=O)Nc2ccc(Cc3ccc4c(c3)C(C=Nc3ccc(N5CCOCC5)cc3)C(=O)N4)cc2)n(C(C)(C)C)n1. The summed E-state index contributed by atoms with van der Waals surface area (Å²) in [6.07, 6.45) is 2.43. The summed E-state index contributed by atoms with van der Waals surface area (Å²) in [5.74, 6) is -0.717. The van der Waals surface area contributed by atoms with Crippen molar-refractivity contribution in [2.45, 2.75) is 45.6 Å². The molecule has 2 aliphatic rings. The number of anilines is 3. The lowest BCUT2D eigenvalue weighted by molar-refractivity contribution is -0.115. The van der Waals surface area contributed by atoms with Gasteiger partial charge in [0.15, 0.2) is 0 Å². The van der Waals surface area contributed by atoms with Gasteiger partial charge in [-0.1, -0.05) is 24.3 Å². The first kappa shape index (κ1) is 29.3. The fourth-order valence-electron chi connectivity index (χ4n) is 5.63. The van der Waals surface area contributed by atoms with E-state index < -0.39 is 5.92 Å². The second kappa shape index (κ2) is 12.1. The predicted molar refractivity (Wildman–Crippen MR) is 175 cm³/mol. The van der Waals surface area contributed by atoms with Crippen LogP contribution in [0.1, 0.15) is 59.6 Å². The van der Waals surface area contributed by atoms with Gasteiger partial charge in [-0.3, -0.25) is 19.3 Å². The minimum absolute atomic E-state index is 0.0751. The first-order chi connectivity index (χ1) is 21.1. The number of morpholine rings is 1. The molecule has 0 spiro atoms. The minimum atomic E-state index is -0.452. The minimum Gasteiger partial charge on any atom is -0.378 e. The first-order valence-electron chi connectivity index (χ1n) is 15.0. The molecule has 44 heavy (non-hydrogen) atoms. The molecule has 2 N–H and O–H groups in total. The number of hydrogen-bond acceptors (Lipinski definition) is 6. The van der Waals surface area contributed by atoms with Crippen LogP contribution in [0.5, 0.6) is 0 Å². The van der Waals surface area contributed by atoms with E-state index in [9.17, 15) is 9.59 Å². The summed E-state index contributed by atoms with van der Waals surface area (Å²) in [6, 6.07) is 23.8. The van der Waals surface area contributed by atoms with Crippen LogP contribution in [0.25, 0.3) is 0 Å². The molecule has 3 heterocycles. The number of aromatic nitrogens is 2. The van der Waals surface area contributed by atoms with Gasteiger partial charge in [0.2, 0.25) is 5.91 Å². The first-order valence-corrected chi connectivity index (χ1v) is 15.0. The van der Waals surface area contributed by atoms with Crippen LogP contribution in [0.15, 0.2) is 77.8 Å². The molecule has 0 aliphatic carbocycles. The van der Waals surface area contributed by atoms with Crippen molar-refractivity contribution < 1.29 is 14.3 Å². The number of fused-ring (bicyclic) bond motifs is 1. The van der Waals surface area contributed by atoms with E-state index in [4.69, 9.17) is 4.74 Å². The lowest BCUT2D eigenvalue weighted by atomic mass is 9.96. The van der Waals surface area contributed by atoms with E-state index in [2.05, 4.69) is 43.8 Å². The molecule has 1 unspecified atom stereocenters. The lowest BCUT2D eigenvalue weighted by Gasteiger charge is -2.28. The fraction of sp³-hybridized carbons (Fsp3) is 0.314. The zero-order valence-electron chi connectivity index (χ0n) is 25.6. The molecular formula is C35H38N6O3. The molecule has 9 heteroatoms. The summed E-state index contributed by atoms with van der Waals surface area (Å²) in [7, 11) is 0. The van der Waals surface area contributed by atoms with E-state index in [0.717, 1.165) is 71.4 Å². The molecule has 2 aliphatic heterocycles. The van der Waals surface area contributed by atoms with Gasteiger partial charge >= 0.3 is 0 Å². The summed E-state index contributed by atoms with van der Waals surface area (Å²) in [5, 5.41) is 10.5. The summed E-state index contributed by atoms with van der Waals surface area (Å²) in [5.41, 5.74) is 7.65. The van der Waals surface area contributed by atoms with Gasteiger partial charge in [-0.2, -0.15) is 5.10 Å². The zero-order valence-corrected chi connectivity index (χ0v) is 25.6. The van der Waals surface area contributed by atoms with Crippen molar-refractivity contribution in [2.24, 2.45) is 4.99 Å². The lowest BCUT2D eigenvalue weighted by Crippen LogP contribution is -2.36. The van der Waals surface area contributed by atoms with Crippen LogP contribution in [0.4, 0.5) is 22.7 Å². The number of carbonyl (C=O) groups is 2. The maximum absolute atomic E-state index is 13.0. The summed E-state index contributed by atoms with van der Waals surface area (Å²) in [4.78, 5) is 32.8. The van der Waals surface area contributed by atoms with E-state index in [1.165, 1.54) is 0 Å². The molecule has 0 radical (unpaired) electrons. The van der Waals surface area contributed by atoms with Crippen LogP contribution in [0.3, 0.4) is 0 Å². The van der Waals surface area contributed by atoms with Gasteiger partial charge in [0.05, 0.1) is 30.1 Å². The number of rotatable bonds is 7. The largest absolute Gasteiger partial charge is 0.378 e. The zero-order chi connectivity index (χ0) is 30.8. The predicted octanol–water partition coefficient (Wildman–Crippen LogP) is 6.06. The molecule has 1 aromatic heterocycles. The second-order valence-corrected chi connectivity index (χ2v) is 12.4. The summed E-state index contributed by atoms with van der Waals surface area (Å²) >= 11 is 0. The number of aryl methyl sites for hydroxylation is 1. The number of ether oxygens (including phenoxy) is 1. The van der Waals surface area contributed by atoms with Crippen molar-refractivity contribution in [3.05, 3.63) is 101 Å². The van der Waals surface area contributed by atoms with Gasteiger partial charge in [0, 0.05) is 36.4 Å². The molecule has 0 bridgehead atoms. The molecule has 2 amide bonds. The Labute approximate surface area is 257 Å². The maximum Gasteiger partial charge on any atom is 0.273 e. The Hall–Kier alpha value is -4.76. The highest BCUT2D eigenvalue weighted by Gasteiger charge is 2.29. The molecule has 4 aromatic rings. The Morgan fingerprint density at radius 2 is 1.73 bits per heavy atom. The highest BCUT2D eigenvalue weighted by atomic mass is 16.5. The number of nitrogens with zero attached hydrogens (tertiary/aromatic N) is 4. The Kier molecular flexibility index (Phi) is 8.05. The Bertz CT molecular complexity index is 1690. The molecular weight excluding hydrogens is 552 g/mol. The van der Waals surface area contributed by atoms with Crippen molar-refractivity contribution in [3.63, 3.8) is 0 Å². The summed E-state index contributed by atoms with van der Waals surface area (Å²) < 4.78 is 7.21. The number of benzene rings is 3. The van der Waals surface area contributed by atoms with Crippen molar-refractivity contribution >= 4 is 40.8 Å². The second-order valence-electron chi connectivity index (χ2n) is 12.4. The highest BCUT2D eigenvalue weighted by Crippen LogP contribution is 2.33. The van der Waals surface area contributed by atoms with Crippen molar-refractivity contribution in [2.75, 3.05) is 41.8 Å². The van der Waals surface area contributed by atoms with Gasteiger partial charge in [-0.05, 0) is 99.3 Å². The average molecular weight is 591 g/mol. The number of amides is 2. The molecule has 6 rings (SSSR count). The van der Waals surface area contributed by atoms with E-state index >= 15 is 0 Å². The standard InChI is InChI=1S/C35H38N6O3/c1-23-19-32(41(39-23)35(2,3)4)34(43)37-27-8-5-24(6-9-27)20-25-7-14-31-29(21-25)30(33(42)38-31)22-36-26-10-12-28(13-11-26)40-15-17-44-18-16-40/h5-14,19,21-22,30H,15-18,20H2,1-4H3,(H,37,43)(H,38,42). The third-order valence-corrected chi connectivity index (χ3v) is 7.91. The number of aliphatic imine (C=N–C) groups is 1. The quantitative estimate of drug-likeness (QED) is 0.255. The van der Waals surface area contributed by atoms with Crippen molar-refractivity contribution in [1.82, 2.24) is 9.78 Å². The number of carbonyl (C=O) groups excluding carboxylic acids is 2. The van der Waals surface area contributed by atoms with Crippen LogP contribution in [-0.2, 0) is 21.5 Å².